The predicted octanol–water partition coefficient (Wildman–Crippen LogP) is 7.58. The van der Waals surface area contributed by atoms with Crippen molar-refractivity contribution in [2.75, 3.05) is 13.1 Å². The molecule has 4 amide bonds. The van der Waals surface area contributed by atoms with Crippen molar-refractivity contribution in [1.82, 2.24) is 40.4 Å². The minimum atomic E-state index is -1.42. The molecule has 2 saturated heterocycles. The summed E-state index contributed by atoms with van der Waals surface area (Å²) < 4.78 is 31.7. The van der Waals surface area contributed by atoms with Gasteiger partial charge in [0.05, 0.1) is 35.2 Å². The van der Waals surface area contributed by atoms with Crippen molar-refractivity contribution in [2.45, 2.75) is 91.4 Å². The lowest BCUT2D eigenvalue weighted by Crippen LogP contribution is -2.50. The molecule has 6 N–H and O–H groups in total. The van der Waals surface area contributed by atoms with Gasteiger partial charge in [0.15, 0.2) is 11.6 Å². The summed E-state index contributed by atoms with van der Waals surface area (Å²) in [6.45, 7) is 12.4. The summed E-state index contributed by atoms with van der Waals surface area (Å²) >= 11 is 0. The molecule has 0 radical (unpaired) electrons. The van der Waals surface area contributed by atoms with Crippen LogP contribution in [0.25, 0.3) is 44.3 Å². The molecule has 2 aliphatic rings. The number of likely N-dealkylation sites (tertiary alicyclic amines) is 2. The maximum absolute atomic E-state index is 15.8. The number of rotatable bonds is 10. The van der Waals surface area contributed by atoms with E-state index in [-0.39, 0.29) is 35.0 Å². The van der Waals surface area contributed by atoms with Crippen molar-refractivity contribution in [3.05, 3.63) is 70.8 Å². The van der Waals surface area contributed by atoms with E-state index < -0.39 is 47.7 Å². The zero-order valence-electron chi connectivity index (χ0n) is 33.2. The van der Waals surface area contributed by atoms with Crippen molar-refractivity contribution >= 4 is 46.1 Å². The van der Waals surface area contributed by atoms with E-state index in [4.69, 9.17) is 0 Å². The van der Waals surface area contributed by atoms with E-state index in [2.05, 4.69) is 19.9 Å². The number of amides is 4. The Morgan fingerprint density at radius 3 is 1.41 bits per heavy atom. The standard InChI is InChI=1S/C42H48F2N8O6/c1-19(2)35(39(53)49-41(55)56)51-13-7-9-31(51)37-45-29-17-23(15-27(43)33(29)47-37)25-11-12-26(22(6)21(25)5)24-16-28(44)34-30(18-24)46-38(48-34)32-10-8-14-52(32)36(20(3)4)40(54)50-42(57)58/h11-12,15-20,31-32,35-36H,7-10,13-14H2,1-6H3,(H,45,47)(H,46,48)(H,49,53)(H,50,54)(H,55,56)(H,57,58)/t31?,32?,35-,36-/m0/s1. The summed E-state index contributed by atoms with van der Waals surface area (Å²) in [6, 6.07) is 8.22. The number of carbonyl (C=O) groups is 4. The van der Waals surface area contributed by atoms with Crippen LogP contribution in [0.4, 0.5) is 18.4 Å². The maximum atomic E-state index is 15.8. The number of nitrogens with zero attached hydrogens (tertiary/aromatic N) is 4. The van der Waals surface area contributed by atoms with E-state index in [1.807, 2.05) is 86.2 Å². The van der Waals surface area contributed by atoms with Gasteiger partial charge in [0.25, 0.3) is 0 Å². The first-order valence-corrected chi connectivity index (χ1v) is 19.6. The molecule has 5 aromatic rings. The highest BCUT2D eigenvalue weighted by molar-refractivity contribution is 5.95. The number of H-pyrrole nitrogens is 2. The van der Waals surface area contributed by atoms with Crippen LogP contribution in [0, 0.1) is 37.3 Å². The van der Waals surface area contributed by atoms with E-state index in [0.29, 0.717) is 59.7 Å². The normalized spacial score (nSPS) is 18.7. The third-order valence-corrected chi connectivity index (χ3v) is 11.7. The van der Waals surface area contributed by atoms with Crippen LogP contribution in [0.3, 0.4) is 0 Å². The van der Waals surface area contributed by atoms with Gasteiger partial charge >= 0.3 is 12.2 Å². The van der Waals surface area contributed by atoms with Gasteiger partial charge in [-0.1, -0.05) is 39.8 Å². The Bertz CT molecular complexity index is 2280. The number of benzene rings is 3. The first kappa shape index (κ1) is 40.5. The number of fused-ring (bicyclic) bond motifs is 2. The van der Waals surface area contributed by atoms with Crippen LogP contribution in [-0.2, 0) is 9.59 Å². The average molecular weight is 799 g/mol. The molecule has 3 aromatic carbocycles. The van der Waals surface area contributed by atoms with Crippen LogP contribution < -0.4 is 10.6 Å². The number of hydrogen-bond acceptors (Lipinski definition) is 8. The van der Waals surface area contributed by atoms with Gasteiger partial charge in [0.1, 0.15) is 22.7 Å². The molecule has 2 unspecified atom stereocenters. The van der Waals surface area contributed by atoms with Crippen LogP contribution in [0.5, 0.6) is 0 Å². The van der Waals surface area contributed by atoms with Gasteiger partial charge in [0.2, 0.25) is 11.8 Å². The van der Waals surface area contributed by atoms with Crippen LogP contribution in [0.15, 0.2) is 36.4 Å². The van der Waals surface area contributed by atoms with Crippen molar-refractivity contribution in [1.29, 1.82) is 0 Å². The van der Waals surface area contributed by atoms with Crippen molar-refractivity contribution in [3.63, 3.8) is 0 Å². The van der Waals surface area contributed by atoms with Crippen molar-refractivity contribution in [2.24, 2.45) is 11.8 Å². The van der Waals surface area contributed by atoms with E-state index >= 15 is 8.78 Å². The van der Waals surface area contributed by atoms with Crippen LogP contribution in [0.1, 0.15) is 88.2 Å². The van der Waals surface area contributed by atoms with Gasteiger partial charge in [-0.15, -0.1) is 0 Å². The van der Waals surface area contributed by atoms with Gasteiger partial charge in [-0.25, -0.2) is 28.3 Å². The minimum Gasteiger partial charge on any atom is -0.465 e. The molecule has 14 nitrogen and oxygen atoms in total. The molecule has 7 rings (SSSR count). The largest absolute Gasteiger partial charge is 0.465 e. The van der Waals surface area contributed by atoms with E-state index in [0.717, 1.165) is 35.1 Å². The monoisotopic (exact) mass is 798 g/mol. The first-order valence-electron chi connectivity index (χ1n) is 19.6. The fourth-order valence-corrected chi connectivity index (χ4v) is 9.12. The van der Waals surface area contributed by atoms with Crippen molar-refractivity contribution < 1.29 is 38.2 Å². The second-order valence-corrected chi connectivity index (χ2v) is 16.1. The highest BCUT2D eigenvalue weighted by atomic mass is 19.1. The Kier molecular flexibility index (Phi) is 11.1. The number of imidazole rings is 2. The lowest BCUT2D eigenvalue weighted by molar-refractivity contribution is -0.128. The van der Waals surface area contributed by atoms with E-state index in [1.54, 1.807) is 0 Å². The SMILES string of the molecule is Cc1c(-c2cc(F)c3nc(C4CCCN4[C@H](C(=O)NC(=O)O)C(C)C)[nH]c3c2)ccc(-c2cc(F)c3nc(C4CCCN4[C@H](C(=O)NC(=O)O)C(C)C)[nH]c3c2)c1C. The smallest absolute Gasteiger partial charge is 0.411 e. The summed E-state index contributed by atoms with van der Waals surface area (Å²) in [5.41, 5.74) is 5.85. The van der Waals surface area contributed by atoms with Gasteiger partial charge in [-0.05, 0) is 122 Å². The molecule has 4 atom stereocenters. The summed E-state index contributed by atoms with van der Waals surface area (Å²) in [6.07, 6.45) is 0.0131. The van der Waals surface area contributed by atoms with Gasteiger partial charge in [-0.3, -0.25) is 30.0 Å². The average Bonchev–Trinajstić information content (AvgIpc) is 3.95. The third-order valence-electron chi connectivity index (χ3n) is 11.7. The lowest BCUT2D eigenvalue weighted by atomic mass is 9.90. The molecule has 16 heteroatoms. The number of carbonyl (C=O) groups excluding carboxylic acids is 2. The minimum absolute atomic E-state index is 0.166. The molecule has 2 aliphatic heterocycles. The molecule has 0 saturated carbocycles. The highest BCUT2D eigenvalue weighted by Crippen LogP contribution is 2.40. The number of halogens is 2. The number of hydrogen-bond donors (Lipinski definition) is 6. The highest BCUT2D eigenvalue weighted by Gasteiger charge is 2.41. The van der Waals surface area contributed by atoms with E-state index in [9.17, 15) is 29.4 Å². The second-order valence-electron chi connectivity index (χ2n) is 16.1. The molecule has 306 valence electrons. The van der Waals surface area contributed by atoms with Crippen LogP contribution in [-0.4, -0.2) is 89.1 Å². The van der Waals surface area contributed by atoms with Gasteiger partial charge < -0.3 is 20.2 Å². The quantitative estimate of drug-likeness (QED) is 0.0820. The first-order chi connectivity index (χ1) is 27.5. The van der Waals surface area contributed by atoms with Gasteiger partial charge in [-0.2, -0.15) is 0 Å². The molecule has 0 bridgehead atoms. The second kappa shape index (κ2) is 15.9. The summed E-state index contributed by atoms with van der Waals surface area (Å²) in [7, 11) is 0. The lowest BCUT2D eigenvalue weighted by Gasteiger charge is -2.33. The summed E-state index contributed by atoms with van der Waals surface area (Å²) in [5, 5.41) is 22.4. The number of imide groups is 2. The molecule has 4 heterocycles. The molecule has 58 heavy (non-hydrogen) atoms. The molecule has 2 fully saturated rings. The van der Waals surface area contributed by atoms with Crippen molar-refractivity contribution in [3.8, 4) is 22.3 Å². The summed E-state index contributed by atoms with van der Waals surface area (Å²) in [4.78, 5) is 68.1. The van der Waals surface area contributed by atoms with Gasteiger partial charge in [0, 0.05) is 0 Å². The number of nitrogens with one attached hydrogen (secondary N) is 4. The Balaban J connectivity index is 1.18. The predicted molar refractivity (Wildman–Crippen MR) is 213 cm³/mol. The Labute approximate surface area is 333 Å². The molecular weight excluding hydrogens is 751 g/mol. The van der Waals surface area contributed by atoms with Crippen LogP contribution in [0.2, 0.25) is 0 Å². The number of aromatic nitrogens is 4. The van der Waals surface area contributed by atoms with E-state index in [1.165, 1.54) is 12.1 Å². The fraction of sp³-hybridized carbons (Fsp3) is 0.429. The Hall–Kier alpha value is -5.74. The number of carboxylic acid groups (broad SMARTS) is 2. The molecule has 2 aromatic heterocycles. The maximum Gasteiger partial charge on any atom is 0.411 e. The number of aromatic amines is 2. The fourth-order valence-electron chi connectivity index (χ4n) is 9.12. The molecule has 0 aliphatic carbocycles. The molecular formula is C42H48F2N8O6. The zero-order valence-corrected chi connectivity index (χ0v) is 33.2. The Morgan fingerprint density at radius 1 is 0.690 bits per heavy atom. The zero-order chi connectivity index (χ0) is 41.7. The van der Waals surface area contributed by atoms with Crippen LogP contribution >= 0.6 is 0 Å². The molecule has 0 spiro atoms. The Morgan fingerprint density at radius 2 is 1.07 bits per heavy atom. The topological polar surface area (TPSA) is 197 Å². The summed E-state index contributed by atoms with van der Waals surface area (Å²) in [5.74, 6) is -1.62. The third kappa shape index (κ3) is 7.53.